The largest absolute Gasteiger partial charge is 0.387 e. The molecule has 1 aromatic carbocycles. The first-order valence-electron chi connectivity index (χ1n) is 5.90. The zero-order chi connectivity index (χ0) is 14.5. The van der Waals surface area contributed by atoms with Crippen LogP contribution >= 0.6 is 27.5 Å². The summed E-state index contributed by atoms with van der Waals surface area (Å²) in [5.41, 5.74) is 1.01. The summed E-state index contributed by atoms with van der Waals surface area (Å²) in [6.07, 6.45) is 0.747. The molecule has 0 bridgehead atoms. The molecule has 0 aliphatic carbocycles. The first kappa shape index (κ1) is 15.0. The summed E-state index contributed by atoms with van der Waals surface area (Å²) in [5, 5.41) is 12.7. The van der Waals surface area contributed by atoms with Crippen LogP contribution in [0, 0.1) is 0 Å². The van der Waals surface area contributed by atoms with Crippen molar-refractivity contribution >= 4 is 33.4 Å². The first-order chi connectivity index (χ1) is 9.58. The van der Waals surface area contributed by atoms with E-state index < -0.39 is 6.10 Å². The van der Waals surface area contributed by atoms with E-state index in [1.807, 2.05) is 18.2 Å². The van der Waals surface area contributed by atoms with E-state index in [9.17, 15) is 9.90 Å². The lowest BCUT2D eigenvalue weighted by Crippen LogP contribution is -2.28. The molecule has 104 valence electrons. The molecule has 6 heteroatoms. The number of rotatable bonds is 4. The number of hydrogen-bond donors (Lipinski definition) is 2. The fourth-order valence-corrected chi connectivity index (χ4v) is 2.18. The molecule has 0 radical (unpaired) electrons. The summed E-state index contributed by atoms with van der Waals surface area (Å²) >= 11 is 9.10. The number of amides is 1. The van der Waals surface area contributed by atoms with Crippen molar-refractivity contribution in [1.29, 1.82) is 0 Å². The van der Waals surface area contributed by atoms with Crippen LogP contribution in [0.2, 0.25) is 5.15 Å². The summed E-state index contributed by atoms with van der Waals surface area (Å²) in [6, 6.07) is 10.7. The van der Waals surface area contributed by atoms with Gasteiger partial charge in [0.2, 0.25) is 0 Å². The molecule has 2 rings (SSSR count). The number of nitrogens with zero attached hydrogens (tertiary/aromatic N) is 1. The highest BCUT2D eigenvalue weighted by molar-refractivity contribution is 9.10. The second-order valence-electron chi connectivity index (χ2n) is 4.13. The van der Waals surface area contributed by atoms with Gasteiger partial charge in [-0.05, 0) is 27.6 Å². The van der Waals surface area contributed by atoms with Gasteiger partial charge in [0.25, 0.3) is 5.91 Å². The molecule has 2 aromatic rings. The number of halogens is 2. The minimum absolute atomic E-state index is 0.103. The highest BCUT2D eigenvalue weighted by Crippen LogP contribution is 2.18. The number of aliphatic hydroxyl groups is 1. The fourth-order valence-electron chi connectivity index (χ4n) is 1.66. The van der Waals surface area contributed by atoms with Gasteiger partial charge in [-0.1, -0.05) is 41.9 Å². The quantitative estimate of drug-likeness (QED) is 0.829. The predicted octanol–water partition coefficient (Wildman–Crippen LogP) is 2.96. The van der Waals surface area contributed by atoms with Gasteiger partial charge in [0.15, 0.2) is 0 Å². The van der Waals surface area contributed by atoms with Crippen molar-refractivity contribution in [1.82, 2.24) is 10.3 Å². The Kier molecular flexibility index (Phi) is 5.11. The van der Waals surface area contributed by atoms with Gasteiger partial charge in [-0.2, -0.15) is 0 Å². The van der Waals surface area contributed by atoms with E-state index in [0.29, 0.717) is 4.47 Å². The van der Waals surface area contributed by atoms with E-state index in [2.05, 4.69) is 26.2 Å². The van der Waals surface area contributed by atoms with Crippen LogP contribution in [0.15, 0.2) is 47.1 Å². The Balaban J connectivity index is 2.00. The van der Waals surface area contributed by atoms with E-state index >= 15 is 0 Å². The third-order valence-corrected chi connectivity index (χ3v) is 3.43. The summed E-state index contributed by atoms with van der Waals surface area (Å²) in [5.74, 6) is -0.376. The number of hydrogen-bond acceptors (Lipinski definition) is 3. The maximum absolute atomic E-state index is 12.0. The molecule has 2 N–H and O–H groups in total. The van der Waals surface area contributed by atoms with Crippen molar-refractivity contribution in [2.45, 2.75) is 6.10 Å². The molecule has 4 nitrogen and oxygen atoms in total. The van der Waals surface area contributed by atoms with Gasteiger partial charge >= 0.3 is 0 Å². The maximum atomic E-state index is 12.0. The number of carbonyl (C=O) groups excluding carboxylic acids is 1. The van der Waals surface area contributed by atoms with Gasteiger partial charge in [0.05, 0.1) is 11.7 Å². The molecular weight excluding hydrogens is 344 g/mol. The summed E-state index contributed by atoms with van der Waals surface area (Å²) in [4.78, 5) is 15.9. The molecule has 1 aromatic heterocycles. The Bertz CT molecular complexity index is 607. The molecule has 0 aliphatic rings. The smallest absolute Gasteiger partial charge is 0.254 e. The zero-order valence-electron chi connectivity index (χ0n) is 10.4. The van der Waals surface area contributed by atoms with Crippen LogP contribution in [0.1, 0.15) is 22.0 Å². The number of carbonyl (C=O) groups is 1. The molecule has 20 heavy (non-hydrogen) atoms. The zero-order valence-corrected chi connectivity index (χ0v) is 12.7. The van der Waals surface area contributed by atoms with Crippen molar-refractivity contribution in [2.75, 3.05) is 6.54 Å². The molecule has 0 fully saturated rings. The van der Waals surface area contributed by atoms with E-state index in [1.165, 1.54) is 6.20 Å². The van der Waals surface area contributed by atoms with Crippen LogP contribution in [0.25, 0.3) is 0 Å². The van der Waals surface area contributed by atoms with Crippen LogP contribution in [-0.4, -0.2) is 22.5 Å². The first-order valence-corrected chi connectivity index (χ1v) is 7.07. The summed E-state index contributed by atoms with van der Waals surface area (Å²) < 4.78 is 0.663. The maximum Gasteiger partial charge on any atom is 0.254 e. The van der Waals surface area contributed by atoms with Crippen LogP contribution in [-0.2, 0) is 0 Å². The van der Waals surface area contributed by atoms with Crippen LogP contribution < -0.4 is 5.32 Å². The van der Waals surface area contributed by atoms with E-state index in [-0.39, 0.29) is 23.2 Å². The highest BCUT2D eigenvalue weighted by atomic mass is 79.9. The Morgan fingerprint density at radius 2 is 2.10 bits per heavy atom. The number of pyridine rings is 1. The number of benzene rings is 1. The third kappa shape index (κ3) is 3.79. The van der Waals surface area contributed by atoms with Gasteiger partial charge in [0, 0.05) is 17.2 Å². The number of aromatic nitrogens is 1. The standard InChI is InChI=1S/C14H12BrClN2O2/c15-10-6-11(13(16)17-7-10)14(20)18-8-12(19)9-4-2-1-3-5-9/h1-7,12,19H,8H2,(H,18,20). The monoisotopic (exact) mass is 354 g/mol. The summed E-state index contributed by atoms with van der Waals surface area (Å²) in [6.45, 7) is 0.103. The van der Waals surface area contributed by atoms with Gasteiger partial charge < -0.3 is 10.4 Å². The fraction of sp³-hybridized carbons (Fsp3) is 0.143. The second kappa shape index (κ2) is 6.83. The average Bonchev–Trinajstić information content (AvgIpc) is 2.47. The molecule has 1 unspecified atom stereocenters. The van der Waals surface area contributed by atoms with Crippen LogP contribution in [0.3, 0.4) is 0 Å². The molecule has 0 saturated carbocycles. The van der Waals surface area contributed by atoms with Crippen molar-refractivity contribution < 1.29 is 9.90 Å². The molecule has 0 saturated heterocycles. The Hall–Kier alpha value is -1.43. The normalized spacial score (nSPS) is 11.9. The van der Waals surface area contributed by atoms with Crippen molar-refractivity contribution in [2.24, 2.45) is 0 Å². The Morgan fingerprint density at radius 1 is 1.40 bits per heavy atom. The predicted molar refractivity (Wildman–Crippen MR) is 80.7 cm³/mol. The minimum Gasteiger partial charge on any atom is -0.387 e. The SMILES string of the molecule is O=C(NCC(O)c1ccccc1)c1cc(Br)cnc1Cl. The van der Waals surface area contributed by atoms with E-state index in [0.717, 1.165) is 5.56 Å². The van der Waals surface area contributed by atoms with Crippen LogP contribution in [0.4, 0.5) is 0 Å². The van der Waals surface area contributed by atoms with Crippen molar-refractivity contribution in [3.05, 3.63) is 63.3 Å². The Labute approximate surface area is 129 Å². The van der Waals surface area contributed by atoms with Crippen LogP contribution in [0.5, 0.6) is 0 Å². The van der Waals surface area contributed by atoms with Gasteiger partial charge in [-0.3, -0.25) is 4.79 Å². The number of aliphatic hydroxyl groups excluding tert-OH is 1. The van der Waals surface area contributed by atoms with Crippen molar-refractivity contribution in [3.63, 3.8) is 0 Å². The summed E-state index contributed by atoms with van der Waals surface area (Å²) in [7, 11) is 0. The average molecular weight is 356 g/mol. The van der Waals surface area contributed by atoms with Gasteiger partial charge in [0.1, 0.15) is 5.15 Å². The second-order valence-corrected chi connectivity index (χ2v) is 5.40. The minimum atomic E-state index is -0.765. The van der Waals surface area contributed by atoms with E-state index in [1.54, 1.807) is 18.2 Å². The van der Waals surface area contributed by atoms with Gasteiger partial charge in [-0.25, -0.2) is 4.98 Å². The molecule has 0 spiro atoms. The lowest BCUT2D eigenvalue weighted by molar-refractivity contribution is 0.0916. The van der Waals surface area contributed by atoms with Crippen molar-refractivity contribution in [3.8, 4) is 0 Å². The lowest BCUT2D eigenvalue weighted by atomic mass is 10.1. The molecule has 0 aliphatic heterocycles. The molecular formula is C14H12BrClN2O2. The molecule has 1 atom stereocenters. The molecule has 1 amide bonds. The number of nitrogens with one attached hydrogen (secondary N) is 1. The lowest BCUT2D eigenvalue weighted by Gasteiger charge is -2.12. The van der Waals surface area contributed by atoms with Gasteiger partial charge in [-0.15, -0.1) is 0 Å². The third-order valence-electron chi connectivity index (χ3n) is 2.69. The molecule has 1 heterocycles. The topological polar surface area (TPSA) is 62.2 Å². The highest BCUT2D eigenvalue weighted by Gasteiger charge is 2.14. The Morgan fingerprint density at radius 3 is 2.80 bits per heavy atom. The van der Waals surface area contributed by atoms with E-state index in [4.69, 9.17) is 11.6 Å².